The number of nitrogens with zero attached hydrogens (tertiary/aromatic N) is 2. The van der Waals surface area contributed by atoms with Crippen molar-refractivity contribution in [2.24, 2.45) is 0 Å². The summed E-state index contributed by atoms with van der Waals surface area (Å²) in [5, 5.41) is 24.3. The highest BCUT2D eigenvalue weighted by Crippen LogP contribution is 2.40. The molecule has 3 aliphatic heterocycles. The molecular formula is C43H49N5O7. The third-order valence-electron chi connectivity index (χ3n) is 11.0. The van der Waals surface area contributed by atoms with Crippen LogP contribution in [0.3, 0.4) is 0 Å². The summed E-state index contributed by atoms with van der Waals surface area (Å²) in [5.41, 5.74) is 7.84. The third kappa shape index (κ3) is 9.07. The van der Waals surface area contributed by atoms with Crippen molar-refractivity contribution in [3.63, 3.8) is 0 Å². The van der Waals surface area contributed by atoms with Crippen molar-refractivity contribution < 1.29 is 34.2 Å². The Hall–Kier alpha value is -5.11. The van der Waals surface area contributed by atoms with E-state index in [1.54, 1.807) is 5.48 Å². The van der Waals surface area contributed by atoms with Crippen LogP contribution >= 0.6 is 0 Å². The topological polar surface area (TPSA) is 153 Å². The molecule has 5 N–H and O–H groups in total. The number of hydroxylamine groups is 1. The van der Waals surface area contributed by atoms with Gasteiger partial charge in [-0.2, -0.15) is 0 Å². The van der Waals surface area contributed by atoms with E-state index in [-0.39, 0.29) is 43.5 Å². The Morgan fingerprint density at radius 3 is 2.27 bits per heavy atom. The molecule has 3 atom stereocenters. The van der Waals surface area contributed by atoms with E-state index in [1.165, 1.54) is 0 Å². The first kappa shape index (κ1) is 38.2. The highest BCUT2D eigenvalue weighted by Gasteiger charge is 2.50. The highest BCUT2D eigenvalue weighted by molar-refractivity contribution is 5.93. The molecule has 3 heterocycles. The number of nitrogens with one attached hydrogen (secondary N) is 3. The van der Waals surface area contributed by atoms with Gasteiger partial charge in [0.1, 0.15) is 5.54 Å². The van der Waals surface area contributed by atoms with Crippen LogP contribution < -0.4 is 21.0 Å². The third-order valence-corrected chi connectivity index (χ3v) is 11.0. The number of carbonyl (C=O) groups is 3. The van der Waals surface area contributed by atoms with Crippen molar-refractivity contribution in [2.75, 3.05) is 31.2 Å². The molecule has 4 aromatic carbocycles. The van der Waals surface area contributed by atoms with Gasteiger partial charge in [-0.05, 0) is 65.3 Å². The summed E-state index contributed by atoms with van der Waals surface area (Å²) in [6.45, 7) is 3.13. The van der Waals surface area contributed by atoms with Crippen molar-refractivity contribution in [3.05, 3.63) is 125 Å². The van der Waals surface area contributed by atoms with Gasteiger partial charge < -0.3 is 35.0 Å². The van der Waals surface area contributed by atoms with Crippen LogP contribution in [0.2, 0.25) is 0 Å². The van der Waals surface area contributed by atoms with Gasteiger partial charge in [-0.3, -0.25) is 19.6 Å². The van der Waals surface area contributed by atoms with E-state index in [4.69, 9.17) is 14.7 Å². The number of carbonyl (C=O) groups excluding carboxylic acids is 3. The van der Waals surface area contributed by atoms with Gasteiger partial charge in [0.25, 0.3) is 0 Å². The molecule has 0 aromatic heterocycles. The van der Waals surface area contributed by atoms with Crippen LogP contribution in [0.4, 0.5) is 5.69 Å². The molecule has 0 saturated carbocycles. The van der Waals surface area contributed by atoms with Gasteiger partial charge in [-0.15, -0.1) is 0 Å². The number of aliphatic hydroxyl groups is 1. The van der Waals surface area contributed by atoms with E-state index in [9.17, 15) is 19.5 Å². The zero-order chi connectivity index (χ0) is 38.2. The van der Waals surface area contributed by atoms with Gasteiger partial charge in [0.15, 0.2) is 6.29 Å². The SMILES string of the molecule is O=C(CCCC(=O)NCc1cccc(-c2ccc([C@H]3O[C@@H](CN4CCC5(CC4)C(=O)NCN5c4ccccc4)C[C@@H](c4ccc(CO)cc4)O3)cc2)c1)NO. The molecule has 0 aliphatic carbocycles. The molecular weight excluding hydrogens is 699 g/mol. The van der Waals surface area contributed by atoms with E-state index in [0.717, 1.165) is 65.0 Å². The lowest BCUT2D eigenvalue weighted by molar-refractivity contribution is -0.253. The first-order valence-corrected chi connectivity index (χ1v) is 19.1. The van der Waals surface area contributed by atoms with E-state index < -0.39 is 17.7 Å². The molecule has 3 aliphatic rings. The maximum atomic E-state index is 13.3. The minimum absolute atomic E-state index is 0.0202. The fourth-order valence-corrected chi connectivity index (χ4v) is 7.91. The van der Waals surface area contributed by atoms with Crippen LogP contribution in [0.1, 0.15) is 73.2 Å². The molecule has 55 heavy (non-hydrogen) atoms. The second-order valence-electron chi connectivity index (χ2n) is 14.6. The number of ether oxygens (including phenoxy) is 2. The van der Waals surface area contributed by atoms with Gasteiger partial charge in [0, 0.05) is 56.7 Å². The van der Waals surface area contributed by atoms with Gasteiger partial charge in [-0.25, -0.2) is 5.48 Å². The minimum Gasteiger partial charge on any atom is -0.392 e. The summed E-state index contributed by atoms with van der Waals surface area (Å²) in [7, 11) is 0. The first-order chi connectivity index (χ1) is 26.8. The number of para-hydroxylation sites is 1. The molecule has 12 nitrogen and oxygen atoms in total. The molecule has 1 spiro atoms. The lowest BCUT2D eigenvalue weighted by Crippen LogP contribution is -2.57. The van der Waals surface area contributed by atoms with Crippen molar-refractivity contribution in [1.82, 2.24) is 21.0 Å². The van der Waals surface area contributed by atoms with E-state index in [0.29, 0.717) is 32.6 Å². The smallest absolute Gasteiger partial charge is 0.247 e. The zero-order valence-corrected chi connectivity index (χ0v) is 30.9. The fourth-order valence-electron chi connectivity index (χ4n) is 7.91. The highest BCUT2D eigenvalue weighted by atomic mass is 16.7. The summed E-state index contributed by atoms with van der Waals surface area (Å²) in [6.07, 6.45) is 1.85. The molecule has 0 radical (unpaired) electrons. The Morgan fingerprint density at radius 2 is 1.55 bits per heavy atom. The molecule has 0 bridgehead atoms. The average molecular weight is 748 g/mol. The van der Waals surface area contributed by atoms with Gasteiger partial charge >= 0.3 is 0 Å². The van der Waals surface area contributed by atoms with Crippen molar-refractivity contribution >= 4 is 23.4 Å². The number of hydrogen-bond donors (Lipinski definition) is 5. The number of likely N-dealkylation sites (tertiary alicyclic amines) is 1. The zero-order valence-electron chi connectivity index (χ0n) is 30.9. The predicted molar refractivity (Wildman–Crippen MR) is 206 cm³/mol. The number of piperidine rings is 1. The van der Waals surface area contributed by atoms with Crippen LogP contribution in [0.5, 0.6) is 0 Å². The molecule has 3 fully saturated rings. The predicted octanol–water partition coefficient (Wildman–Crippen LogP) is 5.11. The van der Waals surface area contributed by atoms with E-state index in [1.807, 2.05) is 78.9 Å². The van der Waals surface area contributed by atoms with Gasteiger partial charge in [0.2, 0.25) is 17.7 Å². The number of hydrogen-bond acceptors (Lipinski definition) is 9. The fraction of sp³-hybridized carbons (Fsp3) is 0.372. The van der Waals surface area contributed by atoms with Crippen LogP contribution in [0, 0.1) is 0 Å². The number of rotatable bonds is 13. The average Bonchev–Trinajstić information content (AvgIpc) is 3.55. The maximum Gasteiger partial charge on any atom is 0.247 e. The second kappa shape index (κ2) is 17.6. The summed E-state index contributed by atoms with van der Waals surface area (Å²) in [5.74, 6) is -0.565. The number of amides is 3. The Morgan fingerprint density at radius 1 is 0.818 bits per heavy atom. The lowest BCUT2D eigenvalue weighted by Gasteiger charge is -2.45. The first-order valence-electron chi connectivity index (χ1n) is 19.1. The quantitative estimate of drug-likeness (QED) is 0.0928. The number of aliphatic hydroxyl groups excluding tert-OH is 1. The molecule has 12 heteroatoms. The van der Waals surface area contributed by atoms with Crippen molar-refractivity contribution in [2.45, 2.75) is 75.7 Å². The Labute approximate surface area is 321 Å². The van der Waals surface area contributed by atoms with Crippen molar-refractivity contribution in [1.29, 1.82) is 0 Å². The normalized spacial score (nSPS) is 20.9. The van der Waals surface area contributed by atoms with Crippen LogP contribution in [-0.4, -0.2) is 70.9 Å². The van der Waals surface area contributed by atoms with Crippen LogP contribution in [-0.2, 0) is 37.0 Å². The monoisotopic (exact) mass is 747 g/mol. The van der Waals surface area contributed by atoms with Crippen LogP contribution in [0.15, 0.2) is 103 Å². The largest absolute Gasteiger partial charge is 0.392 e. The Kier molecular flexibility index (Phi) is 12.2. The molecule has 288 valence electrons. The molecule has 7 rings (SSSR count). The summed E-state index contributed by atoms with van der Waals surface area (Å²) in [4.78, 5) is 41.4. The van der Waals surface area contributed by atoms with Gasteiger partial charge in [-0.1, -0.05) is 84.9 Å². The van der Waals surface area contributed by atoms with Crippen LogP contribution in [0.25, 0.3) is 11.1 Å². The minimum atomic E-state index is -0.592. The Balaban J connectivity index is 1.01. The number of anilines is 1. The molecule has 0 unspecified atom stereocenters. The van der Waals surface area contributed by atoms with E-state index >= 15 is 0 Å². The lowest BCUT2D eigenvalue weighted by atomic mass is 9.85. The molecule has 4 aromatic rings. The molecule has 3 saturated heterocycles. The molecule has 3 amide bonds. The summed E-state index contributed by atoms with van der Waals surface area (Å²) < 4.78 is 13.3. The standard InChI is InChI=1S/C43H49N5O7/c49-28-30-12-14-33(15-13-30)38-25-37(27-47-22-20-43(21-23-47)42(52)45-29-48(43)36-8-2-1-3-9-36)54-41(55-38)34-18-16-32(17-19-34)35-7-4-6-31(24-35)26-44-39(50)10-5-11-40(51)46-53/h1-4,6-9,12-19,24,37-38,41,49,53H,5,10-11,20-23,25-29H2,(H,44,50)(H,45,52)(H,46,51)/t37-,38+,41+/m1/s1. The maximum absolute atomic E-state index is 13.3. The van der Waals surface area contributed by atoms with Crippen molar-refractivity contribution in [3.8, 4) is 11.1 Å². The van der Waals surface area contributed by atoms with E-state index in [2.05, 4.69) is 44.7 Å². The second-order valence-corrected chi connectivity index (χ2v) is 14.6. The number of benzene rings is 4. The summed E-state index contributed by atoms with van der Waals surface area (Å²) in [6, 6.07) is 34.2. The Bertz CT molecular complexity index is 1920. The summed E-state index contributed by atoms with van der Waals surface area (Å²) >= 11 is 0. The van der Waals surface area contributed by atoms with Gasteiger partial charge in [0.05, 0.1) is 25.5 Å².